The molecular formula is C18H30N4O7. The van der Waals surface area contributed by atoms with Gasteiger partial charge in [0.25, 0.3) is 0 Å². The summed E-state index contributed by atoms with van der Waals surface area (Å²) >= 11 is 0. The molecule has 1 heterocycles. The maximum Gasteiger partial charge on any atom is 0.326 e. The highest BCUT2D eigenvalue weighted by atomic mass is 16.4. The normalized spacial score (nSPS) is 20.3. The number of nitrogens with two attached hydrogens (primary N) is 1. The van der Waals surface area contributed by atoms with Gasteiger partial charge in [0.1, 0.15) is 18.1 Å². The first-order valence-corrected chi connectivity index (χ1v) is 9.60. The van der Waals surface area contributed by atoms with E-state index in [1.54, 1.807) is 13.8 Å². The molecule has 6 N–H and O–H groups in total. The van der Waals surface area contributed by atoms with Crippen LogP contribution < -0.4 is 16.4 Å². The summed E-state index contributed by atoms with van der Waals surface area (Å²) in [7, 11) is 0. The van der Waals surface area contributed by atoms with Crippen LogP contribution in [0.1, 0.15) is 46.5 Å². The Labute approximate surface area is 169 Å². The predicted octanol–water partition coefficient (Wildman–Crippen LogP) is -1.10. The quantitative estimate of drug-likeness (QED) is 0.299. The van der Waals surface area contributed by atoms with Crippen LogP contribution in [0.4, 0.5) is 0 Å². The van der Waals surface area contributed by atoms with Crippen molar-refractivity contribution in [3.8, 4) is 0 Å². The Bertz CT molecular complexity index is 652. The molecule has 0 aromatic rings. The highest BCUT2D eigenvalue weighted by Crippen LogP contribution is 2.20. The summed E-state index contributed by atoms with van der Waals surface area (Å²) in [6.45, 7) is 5.09. The second kappa shape index (κ2) is 10.7. The number of carbonyl (C=O) groups is 5. The number of carboxylic acids is 2. The van der Waals surface area contributed by atoms with Crippen LogP contribution in [0.3, 0.4) is 0 Å². The van der Waals surface area contributed by atoms with Gasteiger partial charge < -0.3 is 31.5 Å². The number of aliphatic carboxylic acids is 2. The standard InChI is InChI=1S/C18H30N4O7/c1-4-9(2)14(18(28)29)21-16(26)12-6-5-7-22(12)17(27)11(8-13(23)24)20-15(25)10(3)19/h9-12,14H,4-8,19H2,1-3H3,(H,20,25)(H,21,26)(H,23,24)(H,28,29). The van der Waals surface area contributed by atoms with Crippen molar-refractivity contribution in [2.75, 3.05) is 6.54 Å². The molecule has 1 rings (SSSR count). The van der Waals surface area contributed by atoms with Crippen molar-refractivity contribution in [2.45, 2.75) is 70.6 Å². The fraction of sp³-hybridized carbons (Fsp3) is 0.722. The van der Waals surface area contributed by atoms with Gasteiger partial charge in [-0.2, -0.15) is 0 Å². The van der Waals surface area contributed by atoms with Crippen molar-refractivity contribution in [3.63, 3.8) is 0 Å². The van der Waals surface area contributed by atoms with Crippen LogP contribution in [0, 0.1) is 5.92 Å². The summed E-state index contributed by atoms with van der Waals surface area (Å²) in [5, 5.41) is 23.2. The number of likely N-dealkylation sites (tertiary alicyclic amines) is 1. The van der Waals surface area contributed by atoms with E-state index in [-0.39, 0.29) is 12.5 Å². The monoisotopic (exact) mass is 414 g/mol. The van der Waals surface area contributed by atoms with Gasteiger partial charge in [-0.3, -0.25) is 19.2 Å². The SMILES string of the molecule is CCC(C)C(NC(=O)C1CCCN1C(=O)C(CC(=O)O)NC(=O)C(C)N)C(=O)O. The molecule has 11 heteroatoms. The average Bonchev–Trinajstić information content (AvgIpc) is 3.13. The Kier molecular flexibility index (Phi) is 9.02. The van der Waals surface area contributed by atoms with Gasteiger partial charge in [-0.15, -0.1) is 0 Å². The molecule has 0 saturated carbocycles. The van der Waals surface area contributed by atoms with Crippen molar-refractivity contribution in [2.24, 2.45) is 11.7 Å². The number of carbonyl (C=O) groups excluding carboxylic acids is 3. The summed E-state index contributed by atoms with van der Waals surface area (Å²) in [6.07, 6.45) is 0.679. The van der Waals surface area contributed by atoms with Gasteiger partial charge in [0.2, 0.25) is 17.7 Å². The zero-order valence-corrected chi connectivity index (χ0v) is 16.9. The second-order valence-electron chi connectivity index (χ2n) is 7.35. The van der Waals surface area contributed by atoms with Crippen molar-refractivity contribution in [1.29, 1.82) is 0 Å². The third kappa shape index (κ3) is 6.70. The number of nitrogens with one attached hydrogen (secondary N) is 2. The fourth-order valence-corrected chi connectivity index (χ4v) is 3.11. The highest BCUT2D eigenvalue weighted by Gasteiger charge is 2.40. The van der Waals surface area contributed by atoms with Crippen LogP contribution in [0.15, 0.2) is 0 Å². The number of hydrogen-bond acceptors (Lipinski definition) is 6. The Hall–Kier alpha value is -2.69. The van der Waals surface area contributed by atoms with Gasteiger partial charge in [-0.1, -0.05) is 20.3 Å². The van der Waals surface area contributed by atoms with E-state index in [0.717, 1.165) is 0 Å². The first-order chi connectivity index (χ1) is 13.5. The number of rotatable bonds is 10. The maximum absolute atomic E-state index is 12.9. The molecule has 29 heavy (non-hydrogen) atoms. The summed E-state index contributed by atoms with van der Waals surface area (Å²) in [5.41, 5.74) is 5.46. The lowest BCUT2D eigenvalue weighted by Gasteiger charge is -2.30. The Morgan fingerprint density at radius 1 is 1.14 bits per heavy atom. The molecule has 0 radical (unpaired) electrons. The molecule has 0 spiro atoms. The minimum Gasteiger partial charge on any atom is -0.481 e. The molecule has 0 bridgehead atoms. The molecule has 3 amide bonds. The third-order valence-electron chi connectivity index (χ3n) is 5.02. The van der Waals surface area contributed by atoms with E-state index in [4.69, 9.17) is 10.8 Å². The summed E-state index contributed by atoms with van der Waals surface area (Å²) in [4.78, 5) is 61.2. The largest absolute Gasteiger partial charge is 0.481 e. The molecule has 164 valence electrons. The molecule has 1 aliphatic rings. The minimum atomic E-state index is -1.37. The van der Waals surface area contributed by atoms with Crippen molar-refractivity contribution in [3.05, 3.63) is 0 Å². The molecule has 5 unspecified atom stereocenters. The van der Waals surface area contributed by atoms with Gasteiger partial charge >= 0.3 is 11.9 Å². The van der Waals surface area contributed by atoms with E-state index >= 15 is 0 Å². The summed E-state index contributed by atoms with van der Waals surface area (Å²) in [5.74, 6) is -4.79. The molecule has 0 aromatic heterocycles. The van der Waals surface area contributed by atoms with Gasteiger partial charge in [0.05, 0.1) is 12.5 Å². The lowest BCUT2D eigenvalue weighted by molar-refractivity contribution is -0.147. The van der Waals surface area contributed by atoms with E-state index in [0.29, 0.717) is 19.3 Å². The first kappa shape index (κ1) is 24.3. The van der Waals surface area contributed by atoms with E-state index < -0.39 is 60.2 Å². The summed E-state index contributed by atoms with van der Waals surface area (Å²) in [6, 6.07) is -4.34. The second-order valence-corrected chi connectivity index (χ2v) is 7.35. The molecule has 5 atom stereocenters. The van der Waals surface area contributed by atoms with Crippen molar-refractivity contribution >= 4 is 29.7 Å². The smallest absolute Gasteiger partial charge is 0.326 e. The van der Waals surface area contributed by atoms with Crippen molar-refractivity contribution < 1.29 is 34.2 Å². The van der Waals surface area contributed by atoms with Crippen LogP contribution in [0.5, 0.6) is 0 Å². The predicted molar refractivity (Wildman–Crippen MR) is 102 cm³/mol. The van der Waals surface area contributed by atoms with Crippen LogP contribution in [0.25, 0.3) is 0 Å². The van der Waals surface area contributed by atoms with Crippen LogP contribution in [0.2, 0.25) is 0 Å². The van der Waals surface area contributed by atoms with E-state index in [9.17, 15) is 29.1 Å². The zero-order valence-electron chi connectivity index (χ0n) is 16.9. The fourth-order valence-electron chi connectivity index (χ4n) is 3.11. The van der Waals surface area contributed by atoms with Gasteiger partial charge in [-0.05, 0) is 25.7 Å². The maximum atomic E-state index is 12.9. The van der Waals surface area contributed by atoms with Crippen LogP contribution in [-0.4, -0.2) is 75.5 Å². The van der Waals surface area contributed by atoms with E-state index in [1.807, 2.05) is 0 Å². The third-order valence-corrected chi connectivity index (χ3v) is 5.02. The number of carboxylic acid groups (broad SMARTS) is 2. The molecule has 1 fully saturated rings. The van der Waals surface area contributed by atoms with Crippen LogP contribution in [-0.2, 0) is 24.0 Å². The lowest BCUT2D eigenvalue weighted by Crippen LogP contribution is -2.57. The minimum absolute atomic E-state index is 0.197. The van der Waals surface area contributed by atoms with Gasteiger partial charge in [0, 0.05) is 6.54 Å². The number of hydrogen-bond donors (Lipinski definition) is 5. The molecule has 11 nitrogen and oxygen atoms in total. The Balaban J connectivity index is 2.97. The van der Waals surface area contributed by atoms with E-state index in [1.165, 1.54) is 11.8 Å². The van der Waals surface area contributed by atoms with Crippen molar-refractivity contribution in [1.82, 2.24) is 15.5 Å². The molecule has 1 aliphatic heterocycles. The average molecular weight is 414 g/mol. The zero-order chi connectivity index (χ0) is 22.3. The Morgan fingerprint density at radius 3 is 2.24 bits per heavy atom. The van der Waals surface area contributed by atoms with Gasteiger partial charge in [-0.25, -0.2) is 4.79 Å². The molecule has 1 saturated heterocycles. The topological polar surface area (TPSA) is 179 Å². The first-order valence-electron chi connectivity index (χ1n) is 9.60. The molecule has 0 aromatic carbocycles. The van der Waals surface area contributed by atoms with Gasteiger partial charge in [0.15, 0.2) is 0 Å². The lowest BCUT2D eigenvalue weighted by atomic mass is 9.98. The molecular weight excluding hydrogens is 384 g/mol. The number of nitrogens with zero attached hydrogens (tertiary/aromatic N) is 1. The van der Waals surface area contributed by atoms with E-state index in [2.05, 4.69) is 10.6 Å². The summed E-state index contributed by atoms with van der Waals surface area (Å²) < 4.78 is 0. The number of amides is 3. The highest BCUT2D eigenvalue weighted by molar-refractivity contribution is 5.96. The van der Waals surface area contributed by atoms with Crippen LogP contribution >= 0.6 is 0 Å². The Morgan fingerprint density at radius 2 is 1.76 bits per heavy atom. The molecule has 0 aliphatic carbocycles.